The average molecular weight is 365 g/mol. The molecule has 0 radical (unpaired) electrons. The highest BCUT2D eigenvalue weighted by Gasteiger charge is 2.38. The Morgan fingerprint density at radius 2 is 1.80 bits per heavy atom. The summed E-state index contributed by atoms with van der Waals surface area (Å²) in [5.74, 6) is 0.835. The SMILES string of the molecule is COc1ccc(COC[C@H](C/C=C/C=O)O[Si](C)(C)C(C)(C)C)cc1. The number of hydrogen-bond acceptors (Lipinski definition) is 4. The third-order valence-electron chi connectivity index (χ3n) is 4.61. The van der Waals surface area contributed by atoms with Crippen LogP contribution >= 0.6 is 0 Å². The van der Waals surface area contributed by atoms with Gasteiger partial charge in [0, 0.05) is 0 Å². The summed E-state index contributed by atoms with van der Waals surface area (Å²) >= 11 is 0. The van der Waals surface area contributed by atoms with Gasteiger partial charge in [-0.1, -0.05) is 39.0 Å². The second-order valence-corrected chi connectivity index (χ2v) is 12.4. The van der Waals surface area contributed by atoms with Crippen LogP contribution < -0.4 is 4.74 Å². The summed E-state index contributed by atoms with van der Waals surface area (Å²) in [5, 5.41) is 0.135. The second kappa shape index (κ2) is 9.90. The largest absolute Gasteiger partial charge is 0.497 e. The van der Waals surface area contributed by atoms with Crippen LogP contribution in [0.4, 0.5) is 0 Å². The Kier molecular flexibility index (Phi) is 8.55. The smallest absolute Gasteiger partial charge is 0.192 e. The lowest BCUT2D eigenvalue weighted by atomic mass is 10.2. The molecule has 0 aliphatic carbocycles. The molecule has 5 heteroatoms. The minimum absolute atomic E-state index is 0.0460. The van der Waals surface area contributed by atoms with Crippen LogP contribution in [0.2, 0.25) is 18.1 Å². The van der Waals surface area contributed by atoms with Crippen molar-refractivity contribution in [1.82, 2.24) is 0 Å². The van der Waals surface area contributed by atoms with Crippen molar-refractivity contribution in [1.29, 1.82) is 0 Å². The number of benzene rings is 1. The van der Waals surface area contributed by atoms with Crippen LogP contribution in [0, 0.1) is 0 Å². The van der Waals surface area contributed by atoms with Gasteiger partial charge in [-0.3, -0.25) is 4.79 Å². The molecule has 1 aromatic carbocycles. The Labute approximate surface area is 153 Å². The van der Waals surface area contributed by atoms with E-state index in [4.69, 9.17) is 13.9 Å². The summed E-state index contributed by atoms with van der Waals surface area (Å²) in [6.45, 7) is 12.1. The lowest BCUT2D eigenvalue weighted by Gasteiger charge is -2.39. The van der Waals surface area contributed by atoms with Crippen LogP contribution in [0.1, 0.15) is 32.8 Å². The summed E-state index contributed by atoms with van der Waals surface area (Å²) in [6.07, 6.45) is 4.79. The molecular formula is C20H32O4Si. The molecule has 1 aromatic rings. The summed E-state index contributed by atoms with van der Waals surface area (Å²) in [4.78, 5) is 10.5. The maximum atomic E-state index is 10.5. The summed E-state index contributed by atoms with van der Waals surface area (Å²) in [7, 11) is -0.235. The number of carbonyl (C=O) groups is 1. The molecule has 0 aromatic heterocycles. The fourth-order valence-corrected chi connectivity index (χ4v) is 3.41. The van der Waals surface area contributed by atoms with Crippen LogP contribution in [0.25, 0.3) is 0 Å². The van der Waals surface area contributed by atoms with Crippen LogP contribution in [-0.2, 0) is 20.6 Å². The number of methoxy groups -OCH3 is 1. The first-order valence-electron chi connectivity index (χ1n) is 8.68. The highest BCUT2D eigenvalue weighted by atomic mass is 28.4. The van der Waals surface area contributed by atoms with E-state index in [0.29, 0.717) is 19.6 Å². The summed E-state index contributed by atoms with van der Waals surface area (Å²) < 4.78 is 17.5. The van der Waals surface area contributed by atoms with Crippen molar-refractivity contribution in [3.63, 3.8) is 0 Å². The van der Waals surface area contributed by atoms with E-state index in [1.807, 2.05) is 30.3 Å². The van der Waals surface area contributed by atoms with Gasteiger partial charge in [-0.2, -0.15) is 0 Å². The van der Waals surface area contributed by atoms with E-state index in [1.165, 1.54) is 6.08 Å². The molecule has 0 aliphatic heterocycles. The van der Waals surface area contributed by atoms with Gasteiger partial charge in [0.05, 0.1) is 26.4 Å². The van der Waals surface area contributed by atoms with E-state index >= 15 is 0 Å². The molecule has 4 nitrogen and oxygen atoms in total. The zero-order valence-electron chi connectivity index (χ0n) is 16.4. The first kappa shape index (κ1) is 21.6. The quantitative estimate of drug-likeness (QED) is 0.341. The number of carbonyl (C=O) groups excluding carboxylic acids is 1. The molecule has 0 unspecified atom stereocenters. The molecular weight excluding hydrogens is 332 g/mol. The van der Waals surface area contributed by atoms with Crippen molar-refractivity contribution in [3.8, 4) is 5.75 Å². The minimum atomic E-state index is -1.89. The van der Waals surface area contributed by atoms with Crippen LogP contribution in [0.3, 0.4) is 0 Å². The number of allylic oxidation sites excluding steroid dienone is 1. The minimum Gasteiger partial charge on any atom is -0.497 e. The maximum absolute atomic E-state index is 10.5. The Bertz CT molecular complexity index is 544. The van der Waals surface area contributed by atoms with Gasteiger partial charge in [-0.15, -0.1) is 0 Å². The molecule has 0 fully saturated rings. The van der Waals surface area contributed by atoms with Crippen molar-refractivity contribution in [3.05, 3.63) is 42.0 Å². The van der Waals surface area contributed by atoms with Gasteiger partial charge in [-0.05, 0) is 48.3 Å². The van der Waals surface area contributed by atoms with Gasteiger partial charge in [0.1, 0.15) is 12.0 Å². The van der Waals surface area contributed by atoms with Crippen molar-refractivity contribution < 1.29 is 18.7 Å². The summed E-state index contributed by atoms with van der Waals surface area (Å²) in [5.41, 5.74) is 1.09. The molecule has 0 N–H and O–H groups in total. The summed E-state index contributed by atoms with van der Waals surface area (Å²) in [6, 6.07) is 7.84. The third kappa shape index (κ3) is 7.55. The van der Waals surface area contributed by atoms with E-state index in [9.17, 15) is 4.79 Å². The van der Waals surface area contributed by atoms with Crippen LogP contribution in [0.15, 0.2) is 36.4 Å². The molecule has 0 spiro atoms. The molecule has 0 amide bonds. The molecule has 0 aliphatic rings. The molecule has 1 rings (SSSR count). The predicted octanol–water partition coefficient (Wildman–Crippen LogP) is 4.75. The molecule has 0 saturated carbocycles. The Morgan fingerprint density at radius 1 is 1.16 bits per heavy atom. The van der Waals surface area contributed by atoms with E-state index in [-0.39, 0.29) is 11.1 Å². The first-order chi connectivity index (χ1) is 11.7. The van der Waals surface area contributed by atoms with Crippen LogP contribution in [-0.4, -0.2) is 34.4 Å². The van der Waals surface area contributed by atoms with E-state index < -0.39 is 8.32 Å². The van der Waals surface area contributed by atoms with Gasteiger partial charge in [0.15, 0.2) is 8.32 Å². The topological polar surface area (TPSA) is 44.8 Å². The second-order valence-electron chi connectivity index (χ2n) is 7.66. The van der Waals surface area contributed by atoms with Crippen LogP contribution in [0.5, 0.6) is 5.75 Å². The number of hydrogen-bond donors (Lipinski definition) is 0. The molecule has 140 valence electrons. The Balaban J connectivity index is 2.63. The fraction of sp³-hybridized carbons (Fsp3) is 0.550. The first-order valence-corrected chi connectivity index (χ1v) is 11.6. The Morgan fingerprint density at radius 3 is 2.32 bits per heavy atom. The zero-order chi connectivity index (χ0) is 18.9. The van der Waals surface area contributed by atoms with E-state index in [2.05, 4.69) is 33.9 Å². The monoisotopic (exact) mass is 364 g/mol. The third-order valence-corrected chi connectivity index (χ3v) is 9.15. The van der Waals surface area contributed by atoms with Crippen molar-refractivity contribution >= 4 is 14.6 Å². The number of ether oxygens (including phenoxy) is 2. The molecule has 0 saturated heterocycles. The lowest BCUT2D eigenvalue weighted by molar-refractivity contribution is -0.104. The molecule has 1 atom stereocenters. The van der Waals surface area contributed by atoms with Gasteiger partial charge < -0.3 is 13.9 Å². The molecule has 0 bridgehead atoms. The standard InChI is InChI=1S/C20H32O4Si/c1-20(2,3)25(5,6)24-19(9-7-8-14-21)16-23-15-17-10-12-18(22-4)13-11-17/h7-8,10-14,19H,9,15-16H2,1-6H3/b8-7+/t19-/m0/s1. The highest BCUT2D eigenvalue weighted by molar-refractivity contribution is 6.74. The van der Waals surface area contributed by atoms with Gasteiger partial charge in [0.2, 0.25) is 0 Å². The number of aldehydes is 1. The maximum Gasteiger partial charge on any atom is 0.192 e. The number of rotatable bonds is 10. The zero-order valence-corrected chi connectivity index (χ0v) is 17.4. The average Bonchev–Trinajstić information content (AvgIpc) is 2.54. The molecule has 25 heavy (non-hydrogen) atoms. The van der Waals surface area contributed by atoms with E-state index in [1.54, 1.807) is 7.11 Å². The van der Waals surface area contributed by atoms with Gasteiger partial charge >= 0.3 is 0 Å². The normalized spacial score (nSPS) is 13.8. The van der Waals surface area contributed by atoms with E-state index in [0.717, 1.165) is 17.6 Å². The van der Waals surface area contributed by atoms with Gasteiger partial charge in [0.25, 0.3) is 0 Å². The van der Waals surface area contributed by atoms with Crippen molar-refractivity contribution in [2.45, 2.75) is 58.0 Å². The predicted molar refractivity (Wildman–Crippen MR) is 105 cm³/mol. The Hall–Kier alpha value is -1.43. The van der Waals surface area contributed by atoms with Crippen molar-refractivity contribution in [2.24, 2.45) is 0 Å². The fourth-order valence-electron chi connectivity index (χ4n) is 2.06. The van der Waals surface area contributed by atoms with Gasteiger partial charge in [-0.25, -0.2) is 0 Å². The highest BCUT2D eigenvalue weighted by Crippen LogP contribution is 2.37. The lowest BCUT2D eigenvalue weighted by Crippen LogP contribution is -2.45. The van der Waals surface area contributed by atoms with Crippen molar-refractivity contribution in [2.75, 3.05) is 13.7 Å². The molecule has 0 heterocycles.